The van der Waals surface area contributed by atoms with Gasteiger partial charge in [0.2, 0.25) is 15.9 Å². The van der Waals surface area contributed by atoms with Gasteiger partial charge in [0.25, 0.3) is 0 Å². The molecule has 4 N–H and O–H groups in total. The van der Waals surface area contributed by atoms with Crippen LogP contribution in [0.3, 0.4) is 0 Å². The molecule has 1 aliphatic rings. The predicted octanol–water partition coefficient (Wildman–Crippen LogP) is 0.514. The lowest BCUT2D eigenvalue weighted by atomic mass is 10.0. The predicted molar refractivity (Wildman–Crippen MR) is 82.6 cm³/mol. The van der Waals surface area contributed by atoms with Gasteiger partial charge in [-0.15, -0.1) is 12.4 Å². The van der Waals surface area contributed by atoms with Gasteiger partial charge in [-0.05, 0) is 37.1 Å². The van der Waals surface area contributed by atoms with Crippen molar-refractivity contribution >= 4 is 28.3 Å². The van der Waals surface area contributed by atoms with E-state index in [9.17, 15) is 13.2 Å². The van der Waals surface area contributed by atoms with E-state index in [-0.39, 0.29) is 29.3 Å². The molecule has 1 atom stereocenters. The van der Waals surface area contributed by atoms with Crippen molar-refractivity contribution in [1.82, 2.24) is 10.6 Å². The first kappa shape index (κ1) is 17.9. The second kappa shape index (κ2) is 7.74. The molecule has 1 heterocycles. The minimum absolute atomic E-state index is 0. The Kier molecular flexibility index (Phi) is 6.60. The molecule has 0 radical (unpaired) electrons. The molecule has 21 heavy (non-hydrogen) atoms. The number of rotatable bonds is 4. The summed E-state index contributed by atoms with van der Waals surface area (Å²) in [6, 6.07) is 6.13. The molecular weight excluding hydrogens is 314 g/mol. The fourth-order valence-corrected chi connectivity index (χ4v) is 2.80. The minimum atomic E-state index is -3.71. The van der Waals surface area contributed by atoms with Crippen LogP contribution in [0.1, 0.15) is 24.8 Å². The number of piperidine rings is 1. The molecule has 1 aromatic rings. The highest BCUT2D eigenvalue weighted by atomic mass is 35.5. The quantitative estimate of drug-likeness (QED) is 0.747. The van der Waals surface area contributed by atoms with Crippen LogP contribution >= 0.6 is 12.4 Å². The molecule has 1 amide bonds. The zero-order chi connectivity index (χ0) is 14.6. The van der Waals surface area contributed by atoms with Crippen LogP contribution < -0.4 is 15.8 Å². The number of hydrogen-bond acceptors (Lipinski definition) is 4. The molecule has 8 heteroatoms. The molecule has 0 aliphatic carbocycles. The van der Waals surface area contributed by atoms with Crippen LogP contribution in [0.2, 0.25) is 0 Å². The van der Waals surface area contributed by atoms with E-state index in [0.717, 1.165) is 25.8 Å². The highest BCUT2D eigenvalue weighted by Gasteiger charge is 2.20. The number of carbonyl (C=O) groups excluding carboxylic acids is 1. The molecule has 1 unspecified atom stereocenters. The maximum atomic E-state index is 11.9. The number of carbonyl (C=O) groups is 1. The molecular formula is C13H20ClN3O3S. The molecule has 0 bridgehead atoms. The first-order valence-electron chi connectivity index (χ1n) is 6.59. The number of amides is 1. The number of sulfonamides is 1. The Hall–Kier alpha value is -1.15. The summed E-state index contributed by atoms with van der Waals surface area (Å²) in [5, 5.41) is 11.0. The number of nitrogens with two attached hydrogens (primary N) is 1. The van der Waals surface area contributed by atoms with Gasteiger partial charge in [0.05, 0.1) is 10.9 Å². The number of primary sulfonamides is 1. The molecule has 2 rings (SSSR count). The Labute approximate surface area is 130 Å². The minimum Gasteiger partial charge on any atom is -0.351 e. The van der Waals surface area contributed by atoms with Crippen molar-refractivity contribution in [3.63, 3.8) is 0 Å². The fourth-order valence-electron chi connectivity index (χ4n) is 2.22. The molecule has 1 aromatic carbocycles. The van der Waals surface area contributed by atoms with E-state index < -0.39 is 10.0 Å². The number of nitrogens with one attached hydrogen (secondary N) is 2. The van der Waals surface area contributed by atoms with Crippen LogP contribution in [0.25, 0.3) is 0 Å². The Morgan fingerprint density at radius 3 is 2.76 bits per heavy atom. The zero-order valence-electron chi connectivity index (χ0n) is 11.5. The topological polar surface area (TPSA) is 101 Å². The summed E-state index contributed by atoms with van der Waals surface area (Å²) in [6.45, 7) is 1.15. The molecule has 0 saturated carbocycles. The highest BCUT2D eigenvalue weighted by Crippen LogP contribution is 2.10. The lowest BCUT2D eigenvalue weighted by molar-refractivity contribution is -0.123. The summed E-state index contributed by atoms with van der Waals surface area (Å²) in [5.41, 5.74) is 0.709. The van der Waals surface area contributed by atoms with Crippen LogP contribution in [-0.2, 0) is 21.4 Å². The normalized spacial score (nSPS) is 18.6. The average Bonchev–Trinajstić information content (AvgIpc) is 2.45. The van der Waals surface area contributed by atoms with Crippen molar-refractivity contribution in [3.05, 3.63) is 29.8 Å². The Balaban J connectivity index is 0.00000220. The zero-order valence-corrected chi connectivity index (χ0v) is 13.2. The summed E-state index contributed by atoms with van der Waals surface area (Å²) in [5.74, 6) is -0.0503. The van der Waals surface area contributed by atoms with Crippen molar-refractivity contribution in [2.75, 3.05) is 6.54 Å². The van der Waals surface area contributed by atoms with Gasteiger partial charge < -0.3 is 10.6 Å². The van der Waals surface area contributed by atoms with Gasteiger partial charge in [-0.2, -0.15) is 0 Å². The average molecular weight is 334 g/mol. The van der Waals surface area contributed by atoms with Crippen molar-refractivity contribution in [3.8, 4) is 0 Å². The molecule has 1 aliphatic heterocycles. The van der Waals surface area contributed by atoms with Gasteiger partial charge >= 0.3 is 0 Å². The van der Waals surface area contributed by atoms with Crippen LogP contribution in [-0.4, -0.2) is 26.9 Å². The molecule has 0 aromatic heterocycles. The van der Waals surface area contributed by atoms with E-state index >= 15 is 0 Å². The van der Waals surface area contributed by atoms with Crippen LogP contribution in [0.15, 0.2) is 29.2 Å². The summed E-state index contributed by atoms with van der Waals surface area (Å²) >= 11 is 0. The molecule has 1 saturated heterocycles. The van der Waals surface area contributed by atoms with Gasteiger partial charge in [-0.25, -0.2) is 13.6 Å². The van der Waals surface area contributed by atoms with Crippen LogP contribution in [0.4, 0.5) is 0 Å². The van der Waals surface area contributed by atoms with E-state index in [0.29, 0.717) is 12.1 Å². The number of hydrogen-bond donors (Lipinski definition) is 3. The third-order valence-electron chi connectivity index (χ3n) is 3.32. The van der Waals surface area contributed by atoms with E-state index in [1.54, 1.807) is 12.1 Å². The van der Waals surface area contributed by atoms with Gasteiger partial charge in [0, 0.05) is 6.54 Å². The highest BCUT2D eigenvalue weighted by molar-refractivity contribution is 7.89. The maximum Gasteiger partial charge on any atom is 0.238 e. The van der Waals surface area contributed by atoms with Gasteiger partial charge in [-0.3, -0.25) is 4.79 Å². The van der Waals surface area contributed by atoms with Crippen molar-refractivity contribution in [2.24, 2.45) is 5.14 Å². The molecule has 118 valence electrons. The van der Waals surface area contributed by atoms with Crippen molar-refractivity contribution in [2.45, 2.75) is 36.7 Å². The third kappa shape index (κ3) is 5.28. The van der Waals surface area contributed by atoms with Crippen molar-refractivity contribution in [1.29, 1.82) is 0 Å². The number of benzene rings is 1. The molecule has 1 fully saturated rings. The Bertz CT molecular complexity index is 586. The van der Waals surface area contributed by atoms with E-state index in [4.69, 9.17) is 5.14 Å². The summed E-state index contributed by atoms with van der Waals surface area (Å²) < 4.78 is 22.5. The summed E-state index contributed by atoms with van der Waals surface area (Å²) in [7, 11) is -3.71. The lowest BCUT2D eigenvalue weighted by Crippen LogP contribution is -2.46. The first-order chi connectivity index (χ1) is 9.47. The van der Waals surface area contributed by atoms with Crippen molar-refractivity contribution < 1.29 is 13.2 Å². The Morgan fingerprint density at radius 1 is 1.38 bits per heavy atom. The van der Waals surface area contributed by atoms with E-state index in [1.165, 1.54) is 12.1 Å². The molecule has 0 spiro atoms. The maximum absolute atomic E-state index is 11.9. The first-order valence-corrected chi connectivity index (χ1v) is 8.14. The van der Waals surface area contributed by atoms with Crippen LogP contribution in [0, 0.1) is 0 Å². The second-order valence-electron chi connectivity index (χ2n) is 4.91. The fraction of sp³-hybridized carbons (Fsp3) is 0.462. The SMILES string of the molecule is Cl.NS(=O)(=O)c1cccc(CNC(=O)C2CCCCN2)c1. The second-order valence-corrected chi connectivity index (χ2v) is 6.47. The summed E-state index contributed by atoms with van der Waals surface area (Å²) in [6.07, 6.45) is 2.98. The van der Waals surface area contributed by atoms with Gasteiger partial charge in [0.1, 0.15) is 0 Å². The summed E-state index contributed by atoms with van der Waals surface area (Å²) in [4.78, 5) is 12.0. The standard InChI is InChI=1S/C13H19N3O3S.ClH/c14-20(18,19)11-5-3-4-10(8-11)9-16-13(17)12-6-1-2-7-15-12;/h3-5,8,12,15H,1-2,6-7,9H2,(H,16,17)(H2,14,18,19);1H. The molecule has 6 nitrogen and oxygen atoms in total. The van der Waals surface area contributed by atoms with E-state index in [1.807, 2.05) is 0 Å². The lowest BCUT2D eigenvalue weighted by Gasteiger charge is -2.22. The largest absolute Gasteiger partial charge is 0.351 e. The Morgan fingerprint density at radius 2 is 2.14 bits per heavy atom. The number of halogens is 1. The van der Waals surface area contributed by atoms with E-state index in [2.05, 4.69) is 10.6 Å². The third-order valence-corrected chi connectivity index (χ3v) is 4.23. The van der Waals surface area contributed by atoms with Gasteiger partial charge in [0.15, 0.2) is 0 Å². The van der Waals surface area contributed by atoms with Gasteiger partial charge in [-0.1, -0.05) is 18.6 Å². The monoisotopic (exact) mass is 333 g/mol. The van der Waals surface area contributed by atoms with Crippen LogP contribution in [0.5, 0.6) is 0 Å². The smallest absolute Gasteiger partial charge is 0.238 e.